The summed E-state index contributed by atoms with van der Waals surface area (Å²) in [5.41, 5.74) is 2.48. The minimum absolute atomic E-state index is 0.216. The summed E-state index contributed by atoms with van der Waals surface area (Å²) in [6.07, 6.45) is 4.96. The first-order chi connectivity index (χ1) is 11.2. The number of carbonyl (C=O) groups is 1. The number of thiazole rings is 1. The molecule has 0 saturated carbocycles. The Morgan fingerprint density at radius 1 is 1.17 bits per heavy atom. The predicted molar refractivity (Wildman–Crippen MR) is 97.2 cm³/mol. The summed E-state index contributed by atoms with van der Waals surface area (Å²) >= 11 is 4.77. The summed E-state index contributed by atoms with van der Waals surface area (Å²) in [6, 6.07) is 13.4. The Hall–Kier alpha value is -2.31. The third kappa shape index (κ3) is 4.34. The van der Waals surface area contributed by atoms with Gasteiger partial charge in [-0.05, 0) is 35.9 Å². The van der Waals surface area contributed by atoms with Crippen LogP contribution in [-0.4, -0.2) is 15.9 Å². The monoisotopic (exact) mass is 385 g/mol. The highest BCUT2D eigenvalue weighted by Gasteiger charge is 2.06. The third-order valence-corrected chi connectivity index (χ3v) is 4.19. The number of benzene rings is 1. The van der Waals surface area contributed by atoms with Crippen molar-refractivity contribution in [3.8, 4) is 11.4 Å². The fourth-order valence-corrected chi connectivity index (χ4v) is 3.02. The maximum absolute atomic E-state index is 12.0. The number of carbonyl (C=O) groups excluding carboxylic acids is 1. The van der Waals surface area contributed by atoms with Gasteiger partial charge in [0.05, 0.1) is 5.69 Å². The third-order valence-electron chi connectivity index (χ3n) is 2.94. The van der Waals surface area contributed by atoms with Crippen LogP contribution in [0.1, 0.15) is 5.56 Å². The van der Waals surface area contributed by atoms with Gasteiger partial charge < -0.3 is 0 Å². The van der Waals surface area contributed by atoms with Crippen molar-refractivity contribution in [2.24, 2.45) is 0 Å². The Morgan fingerprint density at radius 3 is 2.87 bits per heavy atom. The van der Waals surface area contributed by atoms with Crippen molar-refractivity contribution in [1.82, 2.24) is 9.97 Å². The number of nitrogens with one attached hydrogen (secondary N) is 1. The van der Waals surface area contributed by atoms with E-state index in [2.05, 4.69) is 31.2 Å². The van der Waals surface area contributed by atoms with Crippen LogP contribution >= 0.6 is 27.3 Å². The molecule has 0 aliphatic rings. The molecule has 3 aromatic rings. The smallest absolute Gasteiger partial charge is 0.250 e. The molecule has 0 aliphatic heterocycles. The van der Waals surface area contributed by atoms with Crippen molar-refractivity contribution in [2.45, 2.75) is 0 Å². The molecule has 0 radical (unpaired) electrons. The van der Waals surface area contributed by atoms with Gasteiger partial charge in [-0.1, -0.05) is 34.1 Å². The van der Waals surface area contributed by atoms with Crippen LogP contribution in [0, 0.1) is 0 Å². The van der Waals surface area contributed by atoms with Crippen LogP contribution in [0.4, 0.5) is 5.13 Å². The van der Waals surface area contributed by atoms with E-state index in [4.69, 9.17) is 0 Å². The molecule has 3 rings (SSSR count). The van der Waals surface area contributed by atoms with Crippen LogP contribution in [-0.2, 0) is 4.79 Å². The number of halogens is 1. The lowest BCUT2D eigenvalue weighted by atomic mass is 10.2. The van der Waals surface area contributed by atoms with Gasteiger partial charge in [-0.15, -0.1) is 11.3 Å². The van der Waals surface area contributed by atoms with Gasteiger partial charge in [-0.3, -0.25) is 15.1 Å². The molecule has 1 N–H and O–H groups in total. The quantitative estimate of drug-likeness (QED) is 0.666. The molecule has 6 heteroatoms. The van der Waals surface area contributed by atoms with Crippen molar-refractivity contribution in [2.75, 3.05) is 5.32 Å². The number of anilines is 1. The van der Waals surface area contributed by atoms with E-state index in [1.165, 1.54) is 17.4 Å². The molecule has 0 unspecified atom stereocenters. The molecule has 1 amide bonds. The molecule has 4 nitrogen and oxygen atoms in total. The molecule has 2 heterocycles. The zero-order valence-corrected chi connectivity index (χ0v) is 14.3. The number of hydrogen-bond donors (Lipinski definition) is 1. The maximum atomic E-state index is 12.0. The van der Waals surface area contributed by atoms with Crippen LogP contribution in [0.5, 0.6) is 0 Å². The largest absolute Gasteiger partial charge is 0.298 e. The molecule has 2 aromatic heterocycles. The van der Waals surface area contributed by atoms with Gasteiger partial charge in [0.2, 0.25) is 5.91 Å². The number of hydrogen-bond acceptors (Lipinski definition) is 4. The normalized spacial score (nSPS) is 10.8. The fraction of sp³-hybridized carbons (Fsp3) is 0. The van der Waals surface area contributed by atoms with E-state index < -0.39 is 0 Å². The number of nitrogens with zero attached hydrogens (tertiary/aromatic N) is 2. The van der Waals surface area contributed by atoms with Crippen molar-refractivity contribution < 1.29 is 4.79 Å². The highest BCUT2D eigenvalue weighted by atomic mass is 79.9. The topological polar surface area (TPSA) is 54.9 Å². The van der Waals surface area contributed by atoms with Gasteiger partial charge in [0.15, 0.2) is 5.13 Å². The molecule has 1 aromatic carbocycles. The second-order valence-electron chi connectivity index (χ2n) is 4.63. The van der Waals surface area contributed by atoms with E-state index in [-0.39, 0.29) is 5.91 Å². The van der Waals surface area contributed by atoms with Gasteiger partial charge in [0.25, 0.3) is 0 Å². The number of pyridine rings is 1. The lowest BCUT2D eigenvalue weighted by molar-refractivity contribution is -0.111. The summed E-state index contributed by atoms with van der Waals surface area (Å²) < 4.78 is 0.972. The molecule has 23 heavy (non-hydrogen) atoms. The Morgan fingerprint density at radius 2 is 2.09 bits per heavy atom. The lowest BCUT2D eigenvalue weighted by Crippen LogP contribution is -2.07. The van der Waals surface area contributed by atoms with Gasteiger partial charge >= 0.3 is 0 Å². The van der Waals surface area contributed by atoms with Gasteiger partial charge in [0.1, 0.15) is 5.69 Å². The zero-order valence-electron chi connectivity index (χ0n) is 11.9. The summed E-state index contributed by atoms with van der Waals surface area (Å²) in [7, 11) is 0. The average molecular weight is 386 g/mol. The summed E-state index contributed by atoms with van der Waals surface area (Å²) in [5, 5.41) is 5.18. The molecular weight excluding hydrogens is 374 g/mol. The lowest BCUT2D eigenvalue weighted by Gasteiger charge is -1.97. The Labute approximate surface area is 146 Å². The average Bonchev–Trinajstić information content (AvgIpc) is 3.02. The Kier molecular flexibility index (Phi) is 4.95. The van der Waals surface area contributed by atoms with E-state index >= 15 is 0 Å². The molecule has 0 aliphatic carbocycles. The van der Waals surface area contributed by atoms with E-state index in [1.807, 2.05) is 47.8 Å². The Balaban J connectivity index is 1.66. The van der Waals surface area contributed by atoms with Crippen molar-refractivity contribution in [3.63, 3.8) is 0 Å². The van der Waals surface area contributed by atoms with E-state index in [1.54, 1.807) is 12.3 Å². The zero-order chi connectivity index (χ0) is 16.1. The van der Waals surface area contributed by atoms with E-state index in [0.717, 1.165) is 21.4 Å². The standard InChI is InChI=1S/C17H12BrN3OS/c18-13-5-3-4-12(10-13)7-8-16(22)21-17-20-15(11-23-17)14-6-1-2-9-19-14/h1-11H,(H,20,21,22)/b8-7+. The maximum Gasteiger partial charge on any atom is 0.250 e. The van der Waals surface area contributed by atoms with Gasteiger partial charge in [-0.2, -0.15) is 0 Å². The van der Waals surface area contributed by atoms with Crippen molar-refractivity contribution in [1.29, 1.82) is 0 Å². The molecular formula is C17H12BrN3OS. The molecule has 114 valence electrons. The highest BCUT2D eigenvalue weighted by Crippen LogP contribution is 2.23. The second-order valence-corrected chi connectivity index (χ2v) is 6.40. The second kappa shape index (κ2) is 7.30. The van der Waals surface area contributed by atoms with Gasteiger partial charge in [0, 0.05) is 22.1 Å². The van der Waals surface area contributed by atoms with Crippen molar-refractivity contribution >= 4 is 44.4 Å². The summed E-state index contributed by atoms with van der Waals surface area (Å²) in [6.45, 7) is 0. The molecule has 0 saturated heterocycles. The summed E-state index contributed by atoms with van der Waals surface area (Å²) in [5.74, 6) is -0.216. The van der Waals surface area contributed by atoms with Gasteiger partial charge in [-0.25, -0.2) is 4.98 Å². The van der Waals surface area contributed by atoms with E-state index in [9.17, 15) is 4.79 Å². The Bertz CT molecular complexity index is 846. The van der Waals surface area contributed by atoms with E-state index in [0.29, 0.717) is 5.13 Å². The van der Waals surface area contributed by atoms with Crippen LogP contribution in [0.25, 0.3) is 17.5 Å². The first kappa shape index (κ1) is 15.6. The van der Waals surface area contributed by atoms with Crippen molar-refractivity contribution in [3.05, 3.63) is 70.2 Å². The fourth-order valence-electron chi connectivity index (χ4n) is 1.89. The van der Waals surface area contributed by atoms with Crippen LogP contribution in [0.2, 0.25) is 0 Å². The first-order valence-electron chi connectivity index (χ1n) is 6.82. The number of aromatic nitrogens is 2. The first-order valence-corrected chi connectivity index (χ1v) is 8.49. The SMILES string of the molecule is O=C(/C=C/c1cccc(Br)c1)Nc1nc(-c2ccccn2)cs1. The summed E-state index contributed by atoms with van der Waals surface area (Å²) in [4.78, 5) is 20.6. The number of rotatable bonds is 4. The van der Waals surface area contributed by atoms with Crippen LogP contribution in [0.3, 0.4) is 0 Å². The predicted octanol–water partition coefficient (Wildman–Crippen LogP) is 4.62. The molecule has 0 atom stereocenters. The van der Waals surface area contributed by atoms with Crippen LogP contribution < -0.4 is 5.32 Å². The minimum Gasteiger partial charge on any atom is -0.298 e. The molecule has 0 bridgehead atoms. The minimum atomic E-state index is -0.216. The van der Waals surface area contributed by atoms with Crippen LogP contribution in [0.15, 0.2) is 64.6 Å². The number of amides is 1. The molecule has 0 fully saturated rings. The highest BCUT2D eigenvalue weighted by molar-refractivity contribution is 9.10. The molecule has 0 spiro atoms.